The lowest BCUT2D eigenvalue weighted by Gasteiger charge is -1.93. The number of nitrogens with one attached hydrogen (secondary N) is 2. The van der Waals surface area contributed by atoms with Gasteiger partial charge in [-0.2, -0.15) is 5.21 Å². The molecule has 80 valence electrons. The first kappa shape index (κ1) is 9.90. The van der Waals surface area contributed by atoms with Crippen molar-refractivity contribution in [3.8, 4) is 0 Å². The fourth-order valence-corrected chi connectivity index (χ4v) is 0.924. The molecule has 0 unspecified atom stereocenters. The minimum atomic E-state index is -0.368. The second kappa shape index (κ2) is 4.73. The monoisotopic (exact) mass is 217 g/mol. The average Bonchev–Trinajstić information content (AvgIpc) is 2.81. The zero-order valence-corrected chi connectivity index (χ0v) is 8.03. The molecule has 2 heterocycles. The van der Waals surface area contributed by atoms with Crippen molar-refractivity contribution < 1.29 is 4.79 Å². The van der Waals surface area contributed by atoms with Crippen molar-refractivity contribution in [3.05, 3.63) is 30.4 Å². The Kier molecular flexibility index (Phi) is 2.93. The number of nitrogens with zero attached hydrogens (tertiary/aromatic N) is 5. The first-order valence-corrected chi connectivity index (χ1v) is 4.33. The summed E-state index contributed by atoms with van der Waals surface area (Å²) in [4.78, 5) is 19.1. The Morgan fingerprint density at radius 2 is 2.38 bits per heavy atom. The summed E-state index contributed by atoms with van der Waals surface area (Å²) in [5, 5.41) is 15.1. The van der Waals surface area contributed by atoms with Gasteiger partial charge in [0.15, 0.2) is 0 Å². The molecule has 0 aromatic carbocycles. The predicted molar refractivity (Wildman–Crippen MR) is 53.9 cm³/mol. The van der Waals surface area contributed by atoms with Crippen LogP contribution in [-0.2, 0) is 4.79 Å². The molecule has 1 amide bonds. The van der Waals surface area contributed by atoms with Gasteiger partial charge in [0, 0.05) is 18.5 Å². The molecule has 2 aromatic rings. The van der Waals surface area contributed by atoms with E-state index in [1.807, 2.05) is 0 Å². The highest BCUT2D eigenvalue weighted by Gasteiger charge is 2.00. The van der Waals surface area contributed by atoms with Gasteiger partial charge in [-0.15, -0.1) is 5.10 Å². The second-order valence-corrected chi connectivity index (χ2v) is 2.69. The molecule has 0 radical (unpaired) electrons. The lowest BCUT2D eigenvalue weighted by atomic mass is 10.4. The van der Waals surface area contributed by atoms with Crippen LogP contribution in [0, 0.1) is 0 Å². The van der Waals surface area contributed by atoms with Crippen LogP contribution in [0.3, 0.4) is 0 Å². The fourth-order valence-electron chi connectivity index (χ4n) is 0.924. The Bertz CT molecular complexity index is 478. The molecule has 8 nitrogen and oxygen atoms in total. The number of tetrazole rings is 1. The summed E-state index contributed by atoms with van der Waals surface area (Å²) in [7, 11) is 0. The van der Waals surface area contributed by atoms with Crippen LogP contribution in [0.4, 0.5) is 5.95 Å². The van der Waals surface area contributed by atoms with Crippen molar-refractivity contribution in [2.45, 2.75) is 0 Å². The maximum absolute atomic E-state index is 11.3. The van der Waals surface area contributed by atoms with Crippen LogP contribution in [0.25, 0.3) is 6.08 Å². The van der Waals surface area contributed by atoms with Crippen LogP contribution in [0.2, 0.25) is 0 Å². The van der Waals surface area contributed by atoms with Crippen molar-refractivity contribution in [2.24, 2.45) is 0 Å². The highest BCUT2D eigenvalue weighted by Crippen LogP contribution is 1.95. The molecule has 2 rings (SSSR count). The van der Waals surface area contributed by atoms with Gasteiger partial charge in [0.05, 0.1) is 11.9 Å². The maximum Gasteiger partial charge on any atom is 0.270 e. The summed E-state index contributed by atoms with van der Waals surface area (Å²) in [6.45, 7) is 0. The van der Waals surface area contributed by atoms with Crippen LogP contribution in [0.15, 0.2) is 24.7 Å². The van der Waals surface area contributed by atoms with Gasteiger partial charge < -0.3 is 0 Å². The summed E-state index contributed by atoms with van der Waals surface area (Å²) in [6.07, 6.45) is 7.47. The molecule has 8 heteroatoms. The van der Waals surface area contributed by atoms with E-state index in [1.165, 1.54) is 24.5 Å². The van der Waals surface area contributed by atoms with Crippen LogP contribution in [0.5, 0.6) is 0 Å². The van der Waals surface area contributed by atoms with Gasteiger partial charge in [-0.1, -0.05) is 5.10 Å². The maximum atomic E-state index is 11.3. The van der Waals surface area contributed by atoms with Crippen LogP contribution < -0.4 is 5.32 Å². The number of hydrogen-bond acceptors (Lipinski definition) is 6. The Morgan fingerprint density at radius 1 is 1.44 bits per heavy atom. The van der Waals surface area contributed by atoms with E-state index < -0.39 is 0 Å². The zero-order chi connectivity index (χ0) is 11.2. The van der Waals surface area contributed by atoms with Crippen molar-refractivity contribution in [2.75, 3.05) is 5.32 Å². The second-order valence-electron chi connectivity index (χ2n) is 2.69. The Hall–Kier alpha value is -2.64. The predicted octanol–water partition coefficient (Wildman–Crippen LogP) is -0.358. The van der Waals surface area contributed by atoms with Crippen molar-refractivity contribution in [1.82, 2.24) is 30.6 Å². The first-order valence-electron chi connectivity index (χ1n) is 4.33. The molecular weight excluding hydrogens is 210 g/mol. The Labute approximate surface area is 89.8 Å². The Balaban J connectivity index is 1.95. The number of carbonyl (C=O) groups excluding carboxylic acids is 1. The van der Waals surface area contributed by atoms with Gasteiger partial charge in [0.2, 0.25) is 0 Å². The number of aromatic amines is 1. The number of hydrogen-bond donors (Lipinski definition) is 2. The van der Waals surface area contributed by atoms with E-state index in [4.69, 9.17) is 0 Å². The molecule has 0 saturated carbocycles. The number of carbonyl (C=O) groups is 1. The molecule has 0 fully saturated rings. The number of amides is 1. The number of rotatable bonds is 3. The van der Waals surface area contributed by atoms with E-state index in [2.05, 4.69) is 35.9 Å². The van der Waals surface area contributed by atoms with E-state index in [9.17, 15) is 4.79 Å². The van der Waals surface area contributed by atoms with Gasteiger partial charge in [-0.05, 0) is 11.3 Å². The van der Waals surface area contributed by atoms with Gasteiger partial charge in [-0.25, -0.2) is 0 Å². The lowest BCUT2D eigenvalue weighted by molar-refractivity contribution is -0.111. The normalized spacial score (nSPS) is 10.5. The molecule has 0 aliphatic carbocycles. The van der Waals surface area contributed by atoms with Gasteiger partial charge in [0.25, 0.3) is 11.9 Å². The summed E-state index contributed by atoms with van der Waals surface area (Å²) in [5.74, 6) is -0.249. The number of H-pyrrole nitrogens is 1. The third kappa shape index (κ3) is 2.67. The van der Waals surface area contributed by atoms with Crippen molar-refractivity contribution in [3.63, 3.8) is 0 Å². The summed E-state index contributed by atoms with van der Waals surface area (Å²) >= 11 is 0. The largest absolute Gasteiger partial charge is 0.288 e. The van der Waals surface area contributed by atoms with E-state index in [-0.39, 0.29) is 11.9 Å². The van der Waals surface area contributed by atoms with Crippen LogP contribution in [-0.4, -0.2) is 36.5 Å². The van der Waals surface area contributed by atoms with Crippen LogP contribution in [0.1, 0.15) is 5.69 Å². The number of aromatic nitrogens is 6. The topological polar surface area (TPSA) is 109 Å². The van der Waals surface area contributed by atoms with Gasteiger partial charge >= 0.3 is 0 Å². The molecule has 2 N–H and O–H groups in total. The standard InChI is InChI=1S/C8H7N7O/c16-7(11-8-12-14-15-13-8)2-1-6-5-9-3-4-10-6/h1-5H,(H2,11,12,13,14,15,16)/b2-1+. The summed E-state index contributed by atoms with van der Waals surface area (Å²) in [5.41, 5.74) is 0.589. The average molecular weight is 217 g/mol. The van der Waals surface area contributed by atoms with E-state index in [1.54, 1.807) is 6.20 Å². The molecule has 0 atom stereocenters. The molecule has 2 aromatic heterocycles. The lowest BCUT2D eigenvalue weighted by Crippen LogP contribution is -2.09. The molecule has 16 heavy (non-hydrogen) atoms. The zero-order valence-electron chi connectivity index (χ0n) is 8.03. The minimum absolute atomic E-state index is 0.119. The van der Waals surface area contributed by atoms with Gasteiger partial charge in [0.1, 0.15) is 0 Å². The minimum Gasteiger partial charge on any atom is -0.288 e. The quantitative estimate of drug-likeness (QED) is 0.679. The third-order valence-electron chi connectivity index (χ3n) is 1.57. The molecular formula is C8H7N7O. The highest BCUT2D eigenvalue weighted by molar-refractivity contribution is 6.00. The summed E-state index contributed by atoms with van der Waals surface area (Å²) in [6, 6.07) is 0. The molecule has 0 saturated heterocycles. The SMILES string of the molecule is O=C(/C=C/c1cnccn1)Nc1nn[nH]n1. The van der Waals surface area contributed by atoms with Gasteiger partial charge in [-0.3, -0.25) is 20.1 Å². The van der Waals surface area contributed by atoms with Crippen molar-refractivity contribution in [1.29, 1.82) is 0 Å². The molecule has 0 aliphatic heterocycles. The molecule has 0 aliphatic rings. The molecule has 0 bridgehead atoms. The van der Waals surface area contributed by atoms with Crippen molar-refractivity contribution >= 4 is 17.9 Å². The van der Waals surface area contributed by atoms with E-state index >= 15 is 0 Å². The first-order chi connectivity index (χ1) is 7.84. The van der Waals surface area contributed by atoms with Crippen LogP contribution >= 0.6 is 0 Å². The fraction of sp³-hybridized carbons (Fsp3) is 0. The molecule has 0 spiro atoms. The van der Waals surface area contributed by atoms with E-state index in [0.717, 1.165) is 0 Å². The highest BCUT2D eigenvalue weighted by atomic mass is 16.1. The van der Waals surface area contributed by atoms with E-state index in [0.29, 0.717) is 5.69 Å². The summed E-state index contributed by atoms with van der Waals surface area (Å²) < 4.78 is 0. The number of anilines is 1. The smallest absolute Gasteiger partial charge is 0.270 e. The Morgan fingerprint density at radius 3 is 3.06 bits per heavy atom. The third-order valence-corrected chi connectivity index (χ3v) is 1.57.